The molecule has 0 unspecified atom stereocenters. The lowest BCUT2D eigenvalue weighted by atomic mass is 9.53. The topological polar surface area (TPSA) is 77.5 Å². The van der Waals surface area contributed by atoms with Gasteiger partial charge in [0.25, 0.3) is 0 Å². The first-order valence-corrected chi connectivity index (χ1v) is 12.6. The maximum atomic E-state index is 15.4. The van der Waals surface area contributed by atoms with Gasteiger partial charge in [-0.1, -0.05) is 45.3 Å². The smallest absolute Gasteiger partial charge is 0.306 e. The lowest BCUT2D eigenvalue weighted by Crippen LogP contribution is -2.48. The van der Waals surface area contributed by atoms with Crippen molar-refractivity contribution in [3.05, 3.63) is 34.9 Å². The van der Waals surface area contributed by atoms with Crippen LogP contribution in [0.25, 0.3) is 0 Å². The van der Waals surface area contributed by atoms with Crippen LogP contribution in [-0.2, 0) is 23.9 Å². The molecule has 4 aliphatic rings. The average molecular weight is 471 g/mol. The quantitative estimate of drug-likeness (QED) is 0.385. The number of hydrogen-bond donors (Lipinski definition) is 0. The Bertz CT molecular complexity index is 1020. The summed E-state index contributed by atoms with van der Waals surface area (Å²) in [5.41, 5.74) is 0.236. The fourth-order valence-electron chi connectivity index (χ4n) is 7.23. The van der Waals surface area contributed by atoms with E-state index in [4.69, 9.17) is 4.74 Å². The number of alkyl halides is 1. The van der Waals surface area contributed by atoms with E-state index in [1.165, 1.54) is 12.2 Å². The Morgan fingerprint density at radius 1 is 1.21 bits per heavy atom. The molecule has 0 bridgehead atoms. The number of allylic oxidation sites excluding steroid dienone is 6. The monoisotopic (exact) mass is 470 g/mol. The van der Waals surface area contributed by atoms with Crippen LogP contribution in [0.15, 0.2) is 34.9 Å². The van der Waals surface area contributed by atoms with Crippen molar-refractivity contribution in [2.45, 2.75) is 78.8 Å². The van der Waals surface area contributed by atoms with Crippen LogP contribution in [0.4, 0.5) is 4.39 Å². The molecular formula is C28H35FO5. The van der Waals surface area contributed by atoms with Crippen LogP contribution in [0.2, 0.25) is 0 Å². The van der Waals surface area contributed by atoms with Gasteiger partial charge in [0.15, 0.2) is 17.3 Å². The van der Waals surface area contributed by atoms with Gasteiger partial charge in [-0.3, -0.25) is 19.2 Å². The Morgan fingerprint density at radius 3 is 2.65 bits per heavy atom. The van der Waals surface area contributed by atoms with Gasteiger partial charge in [-0.15, -0.1) is 0 Å². The minimum absolute atomic E-state index is 0.00720. The lowest BCUT2D eigenvalue weighted by molar-refractivity contribution is -0.151. The van der Waals surface area contributed by atoms with Crippen LogP contribution in [0.1, 0.15) is 72.6 Å². The minimum Gasteiger partial charge on any atom is -0.458 e. The highest BCUT2D eigenvalue weighted by Crippen LogP contribution is 2.64. The molecule has 0 aromatic rings. The van der Waals surface area contributed by atoms with Crippen molar-refractivity contribution in [3.8, 4) is 0 Å². The van der Waals surface area contributed by atoms with Gasteiger partial charge >= 0.3 is 5.97 Å². The molecular weight excluding hydrogens is 435 g/mol. The maximum Gasteiger partial charge on any atom is 0.306 e. The summed E-state index contributed by atoms with van der Waals surface area (Å²) in [7, 11) is 0. The normalized spacial score (nSPS) is 36.6. The molecule has 0 aromatic carbocycles. The molecule has 34 heavy (non-hydrogen) atoms. The van der Waals surface area contributed by atoms with E-state index in [9.17, 15) is 19.2 Å². The molecule has 4 rings (SSSR count). The number of carbonyl (C=O) groups excluding carboxylic acids is 4. The van der Waals surface area contributed by atoms with Gasteiger partial charge in [-0.2, -0.15) is 0 Å². The second kappa shape index (κ2) is 9.01. The van der Waals surface area contributed by atoms with E-state index in [-0.39, 0.29) is 54.6 Å². The Balaban J connectivity index is 1.60. The molecule has 1 fully saturated rings. The standard InChI is InChI=1S/C28H35FO5/c1-5-6-7-8-24(33)34-15-23(32)25-16(2)11-19-18-13-21(29)20-12-17(30)9-10-27(20,3)26(18)22(31)14-28(19,25)4/h9-10,12,16,19,21,25H,5-8,11,13-15H2,1-4H3/t16-,19+,21+,25-,27+,28+/m1/s1. The largest absolute Gasteiger partial charge is 0.458 e. The average Bonchev–Trinajstić information content (AvgIpc) is 3.03. The molecule has 0 amide bonds. The molecule has 0 aliphatic heterocycles. The number of ketones is 3. The summed E-state index contributed by atoms with van der Waals surface area (Å²) in [6, 6.07) is 0. The highest BCUT2D eigenvalue weighted by Gasteiger charge is 2.61. The fraction of sp³-hybridized carbons (Fsp3) is 0.643. The van der Waals surface area contributed by atoms with Gasteiger partial charge in [0.2, 0.25) is 0 Å². The molecule has 0 saturated heterocycles. The summed E-state index contributed by atoms with van der Waals surface area (Å²) in [4.78, 5) is 50.8. The predicted molar refractivity (Wildman–Crippen MR) is 125 cm³/mol. The summed E-state index contributed by atoms with van der Waals surface area (Å²) >= 11 is 0. The number of fused-ring (bicyclic) bond motifs is 4. The Morgan fingerprint density at radius 2 is 1.94 bits per heavy atom. The van der Waals surface area contributed by atoms with Gasteiger partial charge in [0, 0.05) is 36.2 Å². The van der Waals surface area contributed by atoms with Crippen molar-refractivity contribution in [2.75, 3.05) is 6.61 Å². The van der Waals surface area contributed by atoms with Crippen molar-refractivity contribution >= 4 is 23.3 Å². The Hall–Kier alpha value is -2.37. The van der Waals surface area contributed by atoms with E-state index in [2.05, 4.69) is 6.92 Å². The molecule has 0 N–H and O–H groups in total. The van der Waals surface area contributed by atoms with E-state index in [1.54, 1.807) is 6.08 Å². The van der Waals surface area contributed by atoms with Gasteiger partial charge in [0.1, 0.15) is 12.8 Å². The van der Waals surface area contributed by atoms with Gasteiger partial charge in [-0.05, 0) is 54.7 Å². The maximum absolute atomic E-state index is 15.4. The number of carbonyl (C=O) groups is 4. The van der Waals surface area contributed by atoms with Gasteiger partial charge < -0.3 is 4.74 Å². The third-order valence-electron chi connectivity index (χ3n) is 8.69. The summed E-state index contributed by atoms with van der Waals surface area (Å²) in [6.45, 7) is 7.57. The van der Waals surface area contributed by atoms with Crippen molar-refractivity contribution in [1.29, 1.82) is 0 Å². The second-order valence-electron chi connectivity index (χ2n) is 11.0. The molecule has 184 valence electrons. The number of ether oxygens (including phenoxy) is 1. The molecule has 0 spiro atoms. The Kier molecular flexibility index (Phi) is 6.56. The molecule has 0 radical (unpaired) electrons. The van der Waals surface area contributed by atoms with E-state index in [1.807, 2.05) is 20.8 Å². The number of hydrogen-bond acceptors (Lipinski definition) is 5. The van der Waals surface area contributed by atoms with E-state index >= 15 is 4.39 Å². The third kappa shape index (κ3) is 3.93. The first-order valence-electron chi connectivity index (χ1n) is 12.6. The summed E-state index contributed by atoms with van der Waals surface area (Å²) in [5.74, 6) is -1.37. The molecule has 6 heteroatoms. The van der Waals surface area contributed by atoms with E-state index < -0.39 is 22.9 Å². The Labute approximate surface area is 200 Å². The summed E-state index contributed by atoms with van der Waals surface area (Å²) < 4.78 is 20.7. The molecule has 4 aliphatic carbocycles. The van der Waals surface area contributed by atoms with Crippen molar-refractivity contribution in [1.82, 2.24) is 0 Å². The molecule has 6 atom stereocenters. The molecule has 1 saturated carbocycles. The number of unbranched alkanes of at least 4 members (excludes halogenated alkanes) is 2. The number of rotatable bonds is 7. The SMILES string of the molecule is CCCCCC(=O)OCC(=O)[C@H]1[C@H](C)C[C@H]2C3=C(C(=O)C[C@@]21C)[C@@]1(C)C=CC(=O)C=C1[C@@H](F)C3. The highest BCUT2D eigenvalue weighted by atomic mass is 19.1. The number of Topliss-reactive ketones (excluding diaryl/α,β-unsaturated/α-hetero) is 2. The van der Waals surface area contributed by atoms with E-state index in [0.29, 0.717) is 24.0 Å². The summed E-state index contributed by atoms with van der Waals surface area (Å²) in [6.07, 6.45) is 7.07. The molecule has 0 aromatic heterocycles. The van der Waals surface area contributed by atoms with Gasteiger partial charge in [-0.25, -0.2) is 4.39 Å². The first kappa shape index (κ1) is 24.7. The van der Waals surface area contributed by atoms with E-state index in [0.717, 1.165) is 24.8 Å². The molecule has 0 heterocycles. The van der Waals surface area contributed by atoms with Crippen molar-refractivity contribution in [3.63, 3.8) is 0 Å². The lowest BCUT2D eigenvalue weighted by Gasteiger charge is -2.49. The highest BCUT2D eigenvalue weighted by molar-refractivity contribution is 6.06. The zero-order chi connectivity index (χ0) is 24.8. The van der Waals surface area contributed by atoms with Crippen molar-refractivity contribution < 1.29 is 28.3 Å². The second-order valence-corrected chi connectivity index (χ2v) is 11.0. The van der Waals surface area contributed by atoms with Crippen LogP contribution in [0.5, 0.6) is 0 Å². The zero-order valence-corrected chi connectivity index (χ0v) is 20.6. The van der Waals surface area contributed by atoms with Crippen LogP contribution in [-0.4, -0.2) is 36.1 Å². The predicted octanol–water partition coefficient (Wildman–Crippen LogP) is 5.04. The van der Waals surface area contributed by atoms with Crippen LogP contribution < -0.4 is 0 Å². The number of esters is 1. The summed E-state index contributed by atoms with van der Waals surface area (Å²) in [5, 5.41) is 0. The molecule has 5 nitrogen and oxygen atoms in total. The van der Waals surface area contributed by atoms with Crippen LogP contribution in [0, 0.1) is 28.6 Å². The van der Waals surface area contributed by atoms with Gasteiger partial charge in [0.05, 0.1) is 0 Å². The zero-order valence-electron chi connectivity index (χ0n) is 20.6. The number of halogens is 1. The van der Waals surface area contributed by atoms with Crippen molar-refractivity contribution in [2.24, 2.45) is 28.6 Å². The minimum atomic E-state index is -1.33. The fourth-order valence-corrected chi connectivity index (χ4v) is 7.23. The first-order chi connectivity index (χ1) is 16.0. The van der Waals surface area contributed by atoms with Crippen LogP contribution >= 0.6 is 0 Å². The third-order valence-corrected chi connectivity index (χ3v) is 8.69. The van der Waals surface area contributed by atoms with Crippen LogP contribution in [0.3, 0.4) is 0 Å².